The summed E-state index contributed by atoms with van der Waals surface area (Å²) in [4.78, 5) is 15.2. The molecule has 1 aromatic carbocycles. The van der Waals surface area contributed by atoms with Gasteiger partial charge in [0.1, 0.15) is 6.04 Å². The Labute approximate surface area is 127 Å². The van der Waals surface area contributed by atoms with Gasteiger partial charge in [0.25, 0.3) is 0 Å². The van der Waals surface area contributed by atoms with Crippen LogP contribution in [-0.4, -0.2) is 23.0 Å². The lowest BCUT2D eigenvalue weighted by Crippen LogP contribution is -2.45. The molecule has 0 aromatic heterocycles. The Morgan fingerprint density at radius 2 is 2.00 bits per heavy atom. The van der Waals surface area contributed by atoms with Crippen LogP contribution in [0.5, 0.6) is 0 Å². The molecule has 0 spiro atoms. The van der Waals surface area contributed by atoms with Gasteiger partial charge in [0.15, 0.2) is 0 Å². The number of carbonyl (C=O) groups excluding carboxylic acids is 1. The van der Waals surface area contributed by atoms with Gasteiger partial charge in [0.2, 0.25) is 5.91 Å². The second-order valence-electron chi connectivity index (χ2n) is 6.54. The summed E-state index contributed by atoms with van der Waals surface area (Å²) in [5, 5.41) is 3.58. The minimum atomic E-state index is -0.157. The van der Waals surface area contributed by atoms with E-state index in [0.29, 0.717) is 12.0 Å². The molecule has 0 bridgehead atoms. The molecule has 4 unspecified atom stereocenters. The van der Waals surface area contributed by atoms with Crippen LogP contribution in [0, 0.1) is 5.92 Å². The highest BCUT2D eigenvalue weighted by atomic mass is 16.2. The third kappa shape index (κ3) is 2.71. The SMILES string of the molecule is CCCC1NC(c2ccccc2)C(=O)N1C1CCCC1C. The van der Waals surface area contributed by atoms with E-state index in [1.54, 1.807) is 0 Å². The lowest BCUT2D eigenvalue weighted by atomic mass is 10.0. The summed E-state index contributed by atoms with van der Waals surface area (Å²) in [5.41, 5.74) is 1.09. The lowest BCUT2D eigenvalue weighted by Gasteiger charge is -2.32. The normalized spacial score (nSPS) is 32.9. The molecule has 0 radical (unpaired) electrons. The maximum absolute atomic E-state index is 13.0. The second kappa shape index (κ2) is 6.18. The highest BCUT2D eigenvalue weighted by Crippen LogP contribution is 2.36. The summed E-state index contributed by atoms with van der Waals surface area (Å²) in [7, 11) is 0. The summed E-state index contributed by atoms with van der Waals surface area (Å²) in [6, 6.07) is 10.4. The van der Waals surface area contributed by atoms with Gasteiger partial charge in [-0.05, 0) is 30.7 Å². The summed E-state index contributed by atoms with van der Waals surface area (Å²) < 4.78 is 0. The molecular weight excluding hydrogens is 260 g/mol. The van der Waals surface area contributed by atoms with E-state index in [1.807, 2.05) is 18.2 Å². The Hall–Kier alpha value is -1.35. The molecule has 1 amide bonds. The molecule has 2 fully saturated rings. The Kier molecular flexibility index (Phi) is 4.29. The van der Waals surface area contributed by atoms with E-state index >= 15 is 0 Å². The van der Waals surface area contributed by atoms with Crippen LogP contribution in [-0.2, 0) is 4.79 Å². The van der Waals surface area contributed by atoms with Gasteiger partial charge < -0.3 is 4.90 Å². The first kappa shape index (κ1) is 14.6. The molecule has 21 heavy (non-hydrogen) atoms. The van der Waals surface area contributed by atoms with Gasteiger partial charge >= 0.3 is 0 Å². The van der Waals surface area contributed by atoms with Crippen molar-refractivity contribution in [1.29, 1.82) is 0 Å². The highest BCUT2D eigenvalue weighted by molar-refractivity contribution is 5.86. The van der Waals surface area contributed by atoms with Gasteiger partial charge in [0.05, 0.1) is 6.17 Å². The summed E-state index contributed by atoms with van der Waals surface area (Å²) >= 11 is 0. The molecule has 4 atom stereocenters. The van der Waals surface area contributed by atoms with Gasteiger partial charge in [-0.15, -0.1) is 0 Å². The Morgan fingerprint density at radius 3 is 2.62 bits per heavy atom. The van der Waals surface area contributed by atoms with Crippen molar-refractivity contribution >= 4 is 5.91 Å². The molecule has 3 heteroatoms. The van der Waals surface area contributed by atoms with Crippen LogP contribution >= 0.6 is 0 Å². The number of hydrogen-bond donors (Lipinski definition) is 1. The maximum Gasteiger partial charge on any atom is 0.245 e. The minimum absolute atomic E-state index is 0.157. The van der Waals surface area contributed by atoms with Crippen LogP contribution in [0.3, 0.4) is 0 Å². The van der Waals surface area contributed by atoms with Crippen molar-refractivity contribution in [3.63, 3.8) is 0 Å². The van der Waals surface area contributed by atoms with Crippen LogP contribution in [0.1, 0.15) is 57.6 Å². The summed E-state index contributed by atoms with van der Waals surface area (Å²) in [5.74, 6) is 0.906. The van der Waals surface area contributed by atoms with E-state index in [9.17, 15) is 4.79 Å². The van der Waals surface area contributed by atoms with E-state index in [0.717, 1.165) is 24.8 Å². The van der Waals surface area contributed by atoms with E-state index in [-0.39, 0.29) is 18.1 Å². The molecule has 1 aliphatic heterocycles. The molecule has 1 N–H and O–H groups in total. The number of benzene rings is 1. The average molecular weight is 286 g/mol. The molecule has 3 rings (SSSR count). The average Bonchev–Trinajstić information content (AvgIpc) is 3.04. The number of carbonyl (C=O) groups is 1. The van der Waals surface area contributed by atoms with Crippen LogP contribution in [0.4, 0.5) is 0 Å². The Balaban J connectivity index is 1.85. The summed E-state index contributed by atoms with van der Waals surface area (Å²) in [6.07, 6.45) is 6.02. The fourth-order valence-electron chi connectivity index (χ4n) is 3.96. The van der Waals surface area contributed by atoms with E-state index in [2.05, 4.69) is 36.2 Å². The zero-order chi connectivity index (χ0) is 14.8. The monoisotopic (exact) mass is 286 g/mol. The minimum Gasteiger partial charge on any atom is -0.322 e. The summed E-state index contributed by atoms with van der Waals surface area (Å²) in [6.45, 7) is 4.49. The first-order chi connectivity index (χ1) is 10.2. The van der Waals surface area contributed by atoms with Crippen molar-refractivity contribution in [3.05, 3.63) is 35.9 Å². The van der Waals surface area contributed by atoms with Gasteiger partial charge in [-0.1, -0.05) is 57.0 Å². The van der Waals surface area contributed by atoms with E-state index in [1.165, 1.54) is 12.8 Å². The smallest absolute Gasteiger partial charge is 0.245 e. The van der Waals surface area contributed by atoms with E-state index in [4.69, 9.17) is 0 Å². The number of hydrogen-bond acceptors (Lipinski definition) is 2. The predicted molar refractivity (Wildman–Crippen MR) is 84.7 cm³/mol. The molecule has 114 valence electrons. The van der Waals surface area contributed by atoms with Crippen LogP contribution in [0.25, 0.3) is 0 Å². The number of amides is 1. The van der Waals surface area contributed by atoms with Crippen molar-refractivity contribution in [1.82, 2.24) is 10.2 Å². The van der Waals surface area contributed by atoms with Gasteiger partial charge in [-0.25, -0.2) is 0 Å². The zero-order valence-electron chi connectivity index (χ0n) is 13.1. The second-order valence-corrected chi connectivity index (χ2v) is 6.54. The Morgan fingerprint density at radius 1 is 1.24 bits per heavy atom. The van der Waals surface area contributed by atoms with E-state index < -0.39 is 0 Å². The van der Waals surface area contributed by atoms with Crippen LogP contribution in [0.15, 0.2) is 30.3 Å². The molecule has 1 aromatic rings. The Bertz CT molecular complexity index is 487. The zero-order valence-corrected chi connectivity index (χ0v) is 13.1. The third-order valence-electron chi connectivity index (χ3n) is 5.06. The van der Waals surface area contributed by atoms with Gasteiger partial charge in [0, 0.05) is 6.04 Å². The predicted octanol–water partition coefficient (Wildman–Crippen LogP) is 3.47. The first-order valence-corrected chi connectivity index (χ1v) is 8.35. The van der Waals surface area contributed by atoms with Crippen molar-refractivity contribution in [3.8, 4) is 0 Å². The van der Waals surface area contributed by atoms with Crippen molar-refractivity contribution in [2.24, 2.45) is 5.92 Å². The molecule has 2 aliphatic rings. The first-order valence-electron chi connectivity index (χ1n) is 8.35. The quantitative estimate of drug-likeness (QED) is 0.919. The van der Waals surface area contributed by atoms with Crippen molar-refractivity contribution < 1.29 is 4.79 Å². The van der Waals surface area contributed by atoms with Crippen LogP contribution in [0.2, 0.25) is 0 Å². The van der Waals surface area contributed by atoms with Gasteiger partial charge in [-0.2, -0.15) is 0 Å². The standard InChI is InChI=1S/C18H26N2O/c1-3-8-16-19-17(14-10-5-4-6-11-14)18(21)20(16)15-12-7-9-13(15)2/h4-6,10-11,13,15-17,19H,3,7-9,12H2,1-2H3. The largest absolute Gasteiger partial charge is 0.322 e. The molecule has 1 saturated carbocycles. The fraction of sp³-hybridized carbons (Fsp3) is 0.611. The fourth-order valence-corrected chi connectivity index (χ4v) is 3.96. The molecular formula is C18H26N2O. The third-order valence-corrected chi connectivity index (χ3v) is 5.06. The molecule has 3 nitrogen and oxygen atoms in total. The number of nitrogens with one attached hydrogen (secondary N) is 1. The molecule has 1 saturated heterocycles. The van der Waals surface area contributed by atoms with Gasteiger partial charge in [-0.3, -0.25) is 10.1 Å². The van der Waals surface area contributed by atoms with Crippen LogP contribution < -0.4 is 5.32 Å². The number of nitrogens with zero attached hydrogens (tertiary/aromatic N) is 1. The lowest BCUT2D eigenvalue weighted by molar-refractivity contribution is -0.133. The van der Waals surface area contributed by atoms with Crippen molar-refractivity contribution in [2.75, 3.05) is 0 Å². The topological polar surface area (TPSA) is 32.3 Å². The highest BCUT2D eigenvalue weighted by Gasteiger charge is 2.44. The molecule has 1 heterocycles. The number of rotatable bonds is 4. The molecule has 1 aliphatic carbocycles. The van der Waals surface area contributed by atoms with Crippen molar-refractivity contribution in [2.45, 2.75) is 64.2 Å². The maximum atomic E-state index is 13.0.